The predicted octanol–water partition coefficient (Wildman–Crippen LogP) is -1.96. The van der Waals surface area contributed by atoms with Crippen molar-refractivity contribution in [1.82, 2.24) is 14.9 Å². The van der Waals surface area contributed by atoms with E-state index in [1.165, 1.54) is 16.8 Å². The molecule has 76 valence electrons. The van der Waals surface area contributed by atoms with E-state index < -0.39 is 17.4 Å². The lowest BCUT2D eigenvalue weighted by Gasteiger charge is -2.15. The number of aromatic amines is 1. The monoisotopic (exact) mass is 197 g/mol. The summed E-state index contributed by atoms with van der Waals surface area (Å²) in [5, 5.41) is 12.5. The highest BCUT2D eigenvalue weighted by Crippen LogP contribution is 2.12. The smallest absolute Gasteiger partial charge is 0.328 e. The fourth-order valence-electron chi connectivity index (χ4n) is 1.62. The molecular weight excluding hydrogens is 186 g/mol. The maximum Gasteiger partial charge on any atom is 0.328 e. The van der Waals surface area contributed by atoms with Gasteiger partial charge in [-0.1, -0.05) is 0 Å². The summed E-state index contributed by atoms with van der Waals surface area (Å²) in [6, 6.07) is 0.978. The number of hydrogen-bond donors (Lipinski definition) is 3. The van der Waals surface area contributed by atoms with E-state index in [9.17, 15) is 14.7 Å². The second-order valence-electron chi connectivity index (χ2n) is 3.31. The van der Waals surface area contributed by atoms with Crippen molar-refractivity contribution in [2.24, 2.45) is 0 Å². The summed E-state index contributed by atoms with van der Waals surface area (Å²) in [5.74, 6) is 0. The first-order valence-electron chi connectivity index (χ1n) is 4.39. The van der Waals surface area contributed by atoms with Crippen LogP contribution in [-0.2, 0) is 0 Å². The van der Waals surface area contributed by atoms with Crippen LogP contribution < -0.4 is 16.6 Å². The van der Waals surface area contributed by atoms with Gasteiger partial charge in [0.25, 0.3) is 5.56 Å². The van der Waals surface area contributed by atoms with E-state index in [1.807, 2.05) is 0 Å². The SMILES string of the molecule is O=c1ccn([C@@H]2CNC[C@@H]2O)c(=O)[nH]1. The Balaban J connectivity index is 2.41. The third kappa shape index (κ3) is 1.49. The molecule has 2 heterocycles. The minimum Gasteiger partial charge on any atom is -0.390 e. The van der Waals surface area contributed by atoms with Gasteiger partial charge in [0.1, 0.15) is 0 Å². The number of nitrogens with one attached hydrogen (secondary N) is 2. The van der Waals surface area contributed by atoms with Gasteiger partial charge in [-0.05, 0) is 0 Å². The summed E-state index contributed by atoms with van der Waals surface area (Å²) in [5.41, 5.74) is -0.906. The van der Waals surface area contributed by atoms with Gasteiger partial charge in [-0.2, -0.15) is 0 Å². The molecule has 1 aromatic heterocycles. The lowest BCUT2D eigenvalue weighted by molar-refractivity contribution is 0.148. The normalized spacial score (nSPS) is 26.6. The first-order chi connectivity index (χ1) is 6.68. The van der Waals surface area contributed by atoms with Gasteiger partial charge < -0.3 is 10.4 Å². The molecule has 1 aromatic rings. The molecule has 0 amide bonds. The van der Waals surface area contributed by atoms with Gasteiger partial charge >= 0.3 is 5.69 Å². The van der Waals surface area contributed by atoms with Gasteiger partial charge in [0.2, 0.25) is 0 Å². The second kappa shape index (κ2) is 3.39. The number of H-pyrrole nitrogens is 1. The molecule has 1 fully saturated rings. The molecule has 14 heavy (non-hydrogen) atoms. The molecule has 1 aliphatic rings. The third-order valence-electron chi connectivity index (χ3n) is 2.36. The van der Waals surface area contributed by atoms with Gasteiger partial charge in [-0.15, -0.1) is 0 Å². The number of β-amino-alcohol motifs (C(OH)–C–C–N with tert-alkyl or cyclic N) is 1. The van der Waals surface area contributed by atoms with E-state index >= 15 is 0 Å². The zero-order valence-corrected chi connectivity index (χ0v) is 7.43. The van der Waals surface area contributed by atoms with Crippen molar-refractivity contribution in [3.05, 3.63) is 33.1 Å². The zero-order chi connectivity index (χ0) is 10.1. The maximum absolute atomic E-state index is 11.3. The van der Waals surface area contributed by atoms with Crippen molar-refractivity contribution in [3.63, 3.8) is 0 Å². The van der Waals surface area contributed by atoms with Crippen LogP contribution in [0, 0.1) is 0 Å². The molecule has 0 aromatic carbocycles. The van der Waals surface area contributed by atoms with E-state index in [1.54, 1.807) is 0 Å². The Hall–Kier alpha value is -1.40. The predicted molar refractivity (Wildman–Crippen MR) is 49.2 cm³/mol. The molecule has 0 spiro atoms. The van der Waals surface area contributed by atoms with Crippen LogP contribution in [0.25, 0.3) is 0 Å². The Morgan fingerprint density at radius 2 is 2.21 bits per heavy atom. The van der Waals surface area contributed by atoms with Crippen LogP contribution in [0.1, 0.15) is 6.04 Å². The van der Waals surface area contributed by atoms with Gasteiger partial charge in [-0.3, -0.25) is 14.3 Å². The molecule has 3 N–H and O–H groups in total. The van der Waals surface area contributed by atoms with E-state index in [2.05, 4.69) is 10.3 Å². The van der Waals surface area contributed by atoms with Crippen LogP contribution in [0.3, 0.4) is 0 Å². The largest absolute Gasteiger partial charge is 0.390 e. The Bertz CT molecular complexity index is 436. The molecule has 6 nitrogen and oxygen atoms in total. The molecule has 0 unspecified atom stereocenters. The Morgan fingerprint density at radius 3 is 2.79 bits per heavy atom. The molecule has 0 radical (unpaired) electrons. The number of aromatic nitrogens is 2. The summed E-state index contributed by atoms with van der Waals surface area (Å²) < 4.78 is 1.34. The van der Waals surface area contributed by atoms with Crippen LogP contribution in [0.2, 0.25) is 0 Å². The number of aliphatic hydroxyl groups is 1. The average Bonchev–Trinajstić information content (AvgIpc) is 2.52. The second-order valence-corrected chi connectivity index (χ2v) is 3.31. The molecule has 0 bridgehead atoms. The average molecular weight is 197 g/mol. The highest BCUT2D eigenvalue weighted by molar-refractivity contribution is 4.92. The van der Waals surface area contributed by atoms with Crippen molar-refractivity contribution in [3.8, 4) is 0 Å². The Kier molecular flexibility index (Phi) is 2.22. The molecule has 2 rings (SSSR count). The van der Waals surface area contributed by atoms with Crippen LogP contribution >= 0.6 is 0 Å². The lowest BCUT2D eigenvalue weighted by Crippen LogP contribution is -2.35. The highest BCUT2D eigenvalue weighted by atomic mass is 16.3. The van der Waals surface area contributed by atoms with E-state index in [0.717, 1.165) is 0 Å². The summed E-state index contributed by atoms with van der Waals surface area (Å²) in [6.07, 6.45) is 0.820. The minimum atomic E-state index is -0.585. The molecule has 1 aliphatic heterocycles. The molecular formula is C8H11N3O3. The quantitative estimate of drug-likeness (QED) is 0.488. The Labute approximate surface area is 79.2 Å². The third-order valence-corrected chi connectivity index (χ3v) is 2.36. The summed E-state index contributed by atoms with van der Waals surface area (Å²) in [4.78, 5) is 24.3. The van der Waals surface area contributed by atoms with E-state index in [0.29, 0.717) is 13.1 Å². The zero-order valence-electron chi connectivity index (χ0n) is 7.43. The first kappa shape index (κ1) is 9.17. The fourth-order valence-corrected chi connectivity index (χ4v) is 1.62. The van der Waals surface area contributed by atoms with Crippen LogP contribution in [-0.4, -0.2) is 33.9 Å². The van der Waals surface area contributed by atoms with Gasteiger partial charge in [0, 0.05) is 25.4 Å². The van der Waals surface area contributed by atoms with Crippen molar-refractivity contribution in [2.75, 3.05) is 13.1 Å². The number of rotatable bonds is 1. The van der Waals surface area contributed by atoms with Gasteiger partial charge in [-0.25, -0.2) is 4.79 Å². The van der Waals surface area contributed by atoms with Gasteiger partial charge in [0.05, 0.1) is 12.1 Å². The molecule has 2 atom stereocenters. The van der Waals surface area contributed by atoms with Crippen LogP contribution in [0.5, 0.6) is 0 Å². The maximum atomic E-state index is 11.3. The van der Waals surface area contributed by atoms with Crippen molar-refractivity contribution in [2.45, 2.75) is 12.1 Å². The molecule has 0 saturated carbocycles. The Morgan fingerprint density at radius 1 is 1.43 bits per heavy atom. The lowest BCUT2D eigenvalue weighted by atomic mass is 10.2. The molecule has 6 heteroatoms. The number of aliphatic hydroxyl groups excluding tert-OH is 1. The van der Waals surface area contributed by atoms with Crippen molar-refractivity contribution >= 4 is 0 Å². The van der Waals surface area contributed by atoms with E-state index in [4.69, 9.17) is 0 Å². The fraction of sp³-hybridized carbons (Fsp3) is 0.500. The highest BCUT2D eigenvalue weighted by Gasteiger charge is 2.26. The standard InChI is InChI=1S/C8H11N3O3/c12-6-4-9-3-5(6)11-2-1-7(13)10-8(11)14/h1-2,5-6,9,12H,3-4H2,(H,10,13,14)/t5-,6+/m1/s1. The van der Waals surface area contributed by atoms with Crippen LogP contribution in [0.4, 0.5) is 0 Å². The topological polar surface area (TPSA) is 87.1 Å². The number of nitrogens with zero attached hydrogens (tertiary/aromatic N) is 1. The molecule has 0 aliphatic carbocycles. The summed E-state index contributed by atoms with van der Waals surface area (Å²) in [6.45, 7) is 1.00. The number of hydrogen-bond acceptors (Lipinski definition) is 4. The van der Waals surface area contributed by atoms with Gasteiger partial charge in [0.15, 0.2) is 0 Å². The van der Waals surface area contributed by atoms with Crippen LogP contribution in [0.15, 0.2) is 21.9 Å². The minimum absolute atomic E-state index is 0.292. The molecule has 1 saturated heterocycles. The van der Waals surface area contributed by atoms with Crippen molar-refractivity contribution in [1.29, 1.82) is 0 Å². The summed E-state index contributed by atoms with van der Waals surface area (Å²) in [7, 11) is 0. The van der Waals surface area contributed by atoms with Crippen molar-refractivity contribution < 1.29 is 5.11 Å². The summed E-state index contributed by atoms with van der Waals surface area (Å²) >= 11 is 0. The first-order valence-corrected chi connectivity index (χ1v) is 4.39. The van der Waals surface area contributed by atoms with E-state index in [-0.39, 0.29) is 6.04 Å².